The third-order valence-corrected chi connectivity index (χ3v) is 5.96. The lowest BCUT2D eigenvalue weighted by molar-refractivity contribution is 0.347. The molecule has 2 aliphatic rings. The van der Waals surface area contributed by atoms with Gasteiger partial charge in [0.05, 0.1) is 6.54 Å². The first-order valence-corrected chi connectivity index (χ1v) is 8.89. The molecule has 6 heteroatoms. The van der Waals surface area contributed by atoms with Gasteiger partial charge in [-0.15, -0.1) is 0 Å². The Morgan fingerprint density at radius 3 is 2.85 bits per heavy atom. The standard InChI is InChI=1S/C14H22N2O3S/c1-2-12-4-3-9-16(12)20(17,18)14-8-7-13(19-14)10-15-11-5-6-11/h7-8,11-12,15H,2-6,9-10H2,1H3. The maximum absolute atomic E-state index is 12.6. The van der Waals surface area contributed by atoms with Crippen LogP contribution in [0.5, 0.6) is 0 Å². The lowest BCUT2D eigenvalue weighted by Gasteiger charge is -2.21. The molecule has 2 fully saturated rings. The highest BCUT2D eigenvalue weighted by atomic mass is 32.2. The minimum absolute atomic E-state index is 0.0884. The van der Waals surface area contributed by atoms with E-state index in [9.17, 15) is 8.42 Å². The summed E-state index contributed by atoms with van der Waals surface area (Å²) >= 11 is 0. The molecule has 0 bridgehead atoms. The maximum Gasteiger partial charge on any atom is 0.276 e. The third kappa shape index (κ3) is 2.77. The second kappa shape index (κ2) is 5.50. The smallest absolute Gasteiger partial charge is 0.276 e. The molecule has 0 radical (unpaired) electrons. The second-order valence-corrected chi connectivity index (χ2v) is 7.52. The Balaban J connectivity index is 1.73. The molecule has 0 aromatic carbocycles. The normalized spacial score (nSPS) is 24.4. The van der Waals surface area contributed by atoms with Gasteiger partial charge in [-0.3, -0.25) is 0 Å². The van der Waals surface area contributed by atoms with Crippen molar-refractivity contribution in [3.63, 3.8) is 0 Å². The van der Waals surface area contributed by atoms with Gasteiger partial charge in [0.25, 0.3) is 10.0 Å². The highest BCUT2D eigenvalue weighted by Gasteiger charge is 2.36. The fourth-order valence-corrected chi connectivity index (χ4v) is 4.47. The summed E-state index contributed by atoms with van der Waals surface area (Å²) in [7, 11) is -3.46. The zero-order valence-electron chi connectivity index (χ0n) is 11.8. The third-order valence-electron chi connectivity index (χ3n) is 4.14. The average Bonchev–Trinajstić information content (AvgIpc) is 2.95. The molecule has 112 valence electrons. The molecule has 1 atom stereocenters. The van der Waals surface area contributed by atoms with Gasteiger partial charge in [0.1, 0.15) is 5.76 Å². The zero-order valence-corrected chi connectivity index (χ0v) is 12.7. The van der Waals surface area contributed by atoms with Gasteiger partial charge in [-0.2, -0.15) is 4.31 Å². The van der Waals surface area contributed by atoms with Crippen molar-refractivity contribution in [2.75, 3.05) is 6.54 Å². The van der Waals surface area contributed by atoms with E-state index in [1.54, 1.807) is 16.4 Å². The van der Waals surface area contributed by atoms with E-state index in [0.29, 0.717) is 24.9 Å². The molecule has 20 heavy (non-hydrogen) atoms. The highest BCUT2D eigenvalue weighted by molar-refractivity contribution is 7.89. The highest BCUT2D eigenvalue weighted by Crippen LogP contribution is 2.28. The van der Waals surface area contributed by atoms with Gasteiger partial charge in [0.15, 0.2) is 0 Å². The maximum atomic E-state index is 12.6. The summed E-state index contributed by atoms with van der Waals surface area (Å²) in [6.45, 7) is 3.25. The monoisotopic (exact) mass is 298 g/mol. The summed E-state index contributed by atoms with van der Waals surface area (Å²) in [6, 6.07) is 4.06. The summed E-state index contributed by atoms with van der Waals surface area (Å²) in [5, 5.41) is 3.41. The van der Waals surface area contributed by atoms with Crippen molar-refractivity contribution in [1.82, 2.24) is 9.62 Å². The molecule has 1 aromatic heterocycles. The van der Waals surface area contributed by atoms with Gasteiger partial charge in [-0.1, -0.05) is 6.92 Å². The van der Waals surface area contributed by atoms with E-state index in [4.69, 9.17) is 4.42 Å². The number of hydrogen-bond acceptors (Lipinski definition) is 4. The van der Waals surface area contributed by atoms with Crippen LogP contribution in [0.1, 0.15) is 44.8 Å². The molecule has 1 saturated carbocycles. The first-order chi connectivity index (χ1) is 9.61. The van der Waals surface area contributed by atoms with E-state index in [1.165, 1.54) is 12.8 Å². The van der Waals surface area contributed by atoms with E-state index in [1.807, 2.05) is 6.92 Å². The van der Waals surface area contributed by atoms with Gasteiger partial charge in [0.2, 0.25) is 5.09 Å². The summed E-state index contributed by atoms with van der Waals surface area (Å²) < 4.78 is 32.3. The van der Waals surface area contributed by atoms with Crippen molar-refractivity contribution in [3.8, 4) is 0 Å². The molecule has 3 rings (SSSR count). The van der Waals surface area contributed by atoms with Gasteiger partial charge >= 0.3 is 0 Å². The Kier molecular flexibility index (Phi) is 3.88. The number of sulfonamides is 1. The SMILES string of the molecule is CCC1CCCN1S(=O)(=O)c1ccc(CNC2CC2)o1. The molecular weight excluding hydrogens is 276 g/mol. The van der Waals surface area contributed by atoms with Gasteiger partial charge < -0.3 is 9.73 Å². The van der Waals surface area contributed by atoms with Crippen LogP contribution in [0.3, 0.4) is 0 Å². The van der Waals surface area contributed by atoms with Crippen molar-refractivity contribution in [2.45, 2.75) is 62.7 Å². The minimum Gasteiger partial charge on any atom is -0.447 e. The lowest BCUT2D eigenvalue weighted by Crippen LogP contribution is -2.34. The number of nitrogens with one attached hydrogen (secondary N) is 1. The minimum atomic E-state index is -3.46. The molecular formula is C14H22N2O3S. The topological polar surface area (TPSA) is 62.6 Å². The van der Waals surface area contributed by atoms with E-state index < -0.39 is 10.0 Å². The molecule has 1 saturated heterocycles. The predicted molar refractivity (Wildman–Crippen MR) is 75.8 cm³/mol. The van der Waals surface area contributed by atoms with Crippen LogP contribution in [0.2, 0.25) is 0 Å². The molecule has 2 heterocycles. The van der Waals surface area contributed by atoms with Gasteiger partial charge in [0, 0.05) is 18.6 Å². The Morgan fingerprint density at radius 1 is 1.35 bits per heavy atom. The number of hydrogen-bond donors (Lipinski definition) is 1. The second-order valence-electron chi connectivity index (χ2n) is 5.70. The Labute approximate surface area is 120 Å². The quantitative estimate of drug-likeness (QED) is 0.873. The Morgan fingerprint density at radius 2 is 2.15 bits per heavy atom. The molecule has 1 aliphatic carbocycles. The molecule has 1 aliphatic heterocycles. The summed E-state index contributed by atoms with van der Waals surface area (Å²) in [5.41, 5.74) is 0. The summed E-state index contributed by atoms with van der Waals surface area (Å²) in [6.07, 6.45) is 5.16. The molecule has 1 N–H and O–H groups in total. The molecule has 1 aromatic rings. The van der Waals surface area contributed by atoms with Gasteiger partial charge in [-0.25, -0.2) is 8.42 Å². The molecule has 1 unspecified atom stereocenters. The first-order valence-electron chi connectivity index (χ1n) is 7.45. The average molecular weight is 298 g/mol. The van der Waals surface area contributed by atoms with Crippen LogP contribution in [0, 0.1) is 0 Å². The van der Waals surface area contributed by atoms with E-state index in [-0.39, 0.29) is 11.1 Å². The van der Waals surface area contributed by atoms with Crippen molar-refractivity contribution in [3.05, 3.63) is 17.9 Å². The number of nitrogens with zero attached hydrogens (tertiary/aromatic N) is 1. The van der Waals surface area contributed by atoms with Crippen LogP contribution in [0.25, 0.3) is 0 Å². The fraction of sp³-hybridized carbons (Fsp3) is 0.714. The first kappa shape index (κ1) is 14.1. The van der Waals surface area contributed by atoms with Crippen molar-refractivity contribution < 1.29 is 12.8 Å². The van der Waals surface area contributed by atoms with E-state index >= 15 is 0 Å². The zero-order chi connectivity index (χ0) is 14.2. The van der Waals surface area contributed by atoms with Crippen molar-refractivity contribution >= 4 is 10.0 Å². The number of rotatable bonds is 6. The van der Waals surface area contributed by atoms with Crippen LogP contribution in [0.4, 0.5) is 0 Å². The van der Waals surface area contributed by atoms with E-state index in [0.717, 1.165) is 19.3 Å². The molecule has 0 amide bonds. The van der Waals surface area contributed by atoms with Gasteiger partial charge in [-0.05, 0) is 44.2 Å². The van der Waals surface area contributed by atoms with Crippen molar-refractivity contribution in [2.24, 2.45) is 0 Å². The van der Waals surface area contributed by atoms with Crippen LogP contribution < -0.4 is 5.32 Å². The van der Waals surface area contributed by atoms with Crippen LogP contribution in [-0.2, 0) is 16.6 Å². The number of furan rings is 1. The summed E-state index contributed by atoms with van der Waals surface area (Å²) in [5.74, 6) is 0.697. The Bertz CT molecular complexity index is 563. The van der Waals surface area contributed by atoms with Crippen LogP contribution in [-0.4, -0.2) is 31.4 Å². The fourth-order valence-electron chi connectivity index (χ4n) is 2.77. The lowest BCUT2D eigenvalue weighted by atomic mass is 10.2. The Hall–Kier alpha value is -0.850. The van der Waals surface area contributed by atoms with Crippen molar-refractivity contribution in [1.29, 1.82) is 0 Å². The predicted octanol–water partition coefficient (Wildman–Crippen LogP) is 2.09. The largest absolute Gasteiger partial charge is 0.447 e. The van der Waals surface area contributed by atoms with E-state index in [2.05, 4.69) is 5.32 Å². The summed E-state index contributed by atoms with van der Waals surface area (Å²) in [4.78, 5) is 0. The van der Waals surface area contributed by atoms with Crippen LogP contribution >= 0.6 is 0 Å². The van der Waals surface area contributed by atoms with Crippen LogP contribution in [0.15, 0.2) is 21.6 Å². The molecule has 5 nitrogen and oxygen atoms in total. The molecule has 0 spiro atoms.